The highest BCUT2D eigenvalue weighted by atomic mass is 16.5. The van der Waals surface area contributed by atoms with Gasteiger partial charge in [-0.15, -0.1) is 0 Å². The summed E-state index contributed by atoms with van der Waals surface area (Å²) in [6, 6.07) is 0. The maximum atomic E-state index is 10.6. The lowest BCUT2D eigenvalue weighted by Crippen LogP contribution is -2.48. The number of aliphatic carboxylic acids is 1. The molecule has 1 rings (SSSR count). The lowest BCUT2D eigenvalue weighted by Gasteiger charge is -2.37. The van der Waals surface area contributed by atoms with Crippen LogP contribution in [0.4, 0.5) is 0 Å². The van der Waals surface area contributed by atoms with Crippen molar-refractivity contribution in [1.82, 2.24) is 0 Å². The average molecular weight is 144 g/mol. The van der Waals surface area contributed by atoms with E-state index in [4.69, 9.17) is 9.84 Å². The molecule has 3 nitrogen and oxygen atoms in total. The fourth-order valence-corrected chi connectivity index (χ4v) is 1.20. The SMILES string of the molecule is CCCC1(C(=O)O)COC1. The van der Waals surface area contributed by atoms with E-state index in [1.807, 2.05) is 6.92 Å². The van der Waals surface area contributed by atoms with E-state index in [2.05, 4.69) is 0 Å². The van der Waals surface area contributed by atoms with Crippen LogP contribution in [-0.4, -0.2) is 24.3 Å². The second kappa shape index (κ2) is 2.58. The molecule has 0 aliphatic carbocycles. The predicted molar refractivity (Wildman–Crippen MR) is 35.8 cm³/mol. The van der Waals surface area contributed by atoms with Crippen molar-refractivity contribution in [3.05, 3.63) is 0 Å². The van der Waals surface area contributed by atoms with E-state index in [-0.39, 0.29) is 0 Å². The molecular weight excluding hydrogens is 132 g/mol. The van der Waals surface area contributed by atoms with Gasteiger partial charge in [-0.3, -0.25) is 4.79 Å². The molecule has 1 aliphatic heterocycles. The van der Waals surface area contributed by atoms with E-state index in [9.17, 15) is 4.79 Å². The maximum Gasteiger partial charge on any atom is 0.314 e. The quantitative estimate of drug-likeness (QED) is 0.639. The Morgan fingerprint density at radius 3 is 2.40 bits per heavy atom. The van der Waals surface area contributed by atoms with Crippen LogP contribution in [0.25, 0.3) is 0 Å². The van der Waals surface area contributed by atoms with Crippen LogP contribution in [0.3, 0.4) is 0 Å². The van der Waals surface area contributed by atoms with E-state index in [1.165, 1.54) is 0 Å². The summed E-state index contributed by atoms with van der Waals surface area (Å²) in [5, 5.41) is 8.73. The molecule has 1 fully saturated rings. The summed E-state index contributed by atoms with van der Waals surface area (Å²) in [5.74, 6) is -0.708. The minimum atomic E-state index is -0.708. The Morgan fingerprint density at radius 1 is 1.70 bits per heavy atom. The highest BCUT2D eigenvalue weighted by molar-refractivity contribution is 5.75. The van der Waals surface area contributed by atoms with Crippen LogP contribution in [-0.2, 0) is 9.53 Å². The first-order valence-electron chi connectivity index (χ1n) is 3.52. The number of hydrogen-bond donors (Lipinski definition) is 1. The monoisotopic (exact) mass is 144 g/mol. The molecule has 3 heteroatoms. The second-order valence-electron chi connectivity index (χ2n) is 2.83. The molecule has 0 radical (unpaired) electrons. The topological polar surface area (TPSA) is 46.5 Å². The lowest BCUT2D eigenvalue weighted by molar-refractivity contribution is -0.181. The molecule has 0 saturated carbocycles. The molecule has 0 amide bonds. The summed E-state index contributed by atoms with van der Waals surface area (Å²) >= 11 is 0. The Kier molecular flexibility index (Phi) is 1.94. The van der Waals surface area contributed by atoms with Crippen LogP contribution < -0.4 is 0 Å². The molecule has 10 heavy (non-hydrogen) atoms. The minimum Gasteiger partial charge on any atom is -0.481 e. The van der Waals surface area contributed by atoms with Gasteiger partial charge >= 0.3 is 5.97 Å². The normalized spacial score (nSPS) is 21.7. The van der Waals surface area contributed by atoms with Crippen molar-refractivity contribution < 1.29 is 14.6 Å². The first-order valence-corrected chi connectivity index (χ1v) is 3.52. The number of ether oxygens (including phenoxy) is 1. The summed E-state index contributed by atoms with van der Waals surface area (Å²) in [5.41, 5.74) is -0.533. The van der Waals surface area contributed by atoms with Crippen molar-refractivity contribution >= 4 is 5.97 Å². The van der Waals surface area contributed by atoms with Crippen molar-refractivity contribution in [2.75, 3.05) is 13.2 Å². The van der Waals surface area contributed by atoms with Gasteiger partial charge in [-0.25, -0.2) is 0 Å². The van der Waals surface area contributed by atoms with E-state index in [1.54, 1.807) is 0 Å². The molecule has 0 spiro atoms. The summed E-state index contributed by atoms with van der Waals surface area (Å²) < 4.78 is 4.87. The van der Waals surface area contributed by atoms with Gasteiger partial charge in [0, 0.05) is 0 Å². The largest absolute Gasteiger partial charge is 0.481 e. The van der Waals surface area contributed by atoms with Gasteiger partial charge in [-0.2, -0.15) is 0 Å². The Labute approximate surface area is 60.0 Å². The van der Waals surface area contributed by atoms with Crippen LogP contribution in [0.1, 0.15) is 19.8 Å². The van der Waals surface area contributed by atoms with Crippen LogP contribution >= 0.6 is 0 Å². The van der Waals surface area contributed by atoms with Gasteiger partial charge in [-0.1, -0.05) is 13.3 Å². The molecule has 0 bridgehead atoms. The molecular formula is C7H12O3. The third-order valence-electron chi connectivity index (χ3n) is 1.94. The zero-order chi connectivity index (χ0) is 7.61. The lowest BCUT2D eigenvalue weighted by atomic mass is 9.82. The molecule has 0 unspecified atom stereocenters. The van der Waals surface area contributed by atoms with Crippen LogP contribution in [0.15, 0.2) is 0 Å². The fraction of sp³-hybridized carbons (Fsp3) is 0.857. The van der Waals surface area contributed by atoms with Crippen molar-refractivity contribution in [2.24, 2.45) is 5.41 Å². The van der Waals surface area contributed by atoms with E-state index < -0.39 is 11.4 Å². The molecule has 0 aromatic heterocycles. The predicted octanol–water partition coefficient (Wildman–Crippen LogP) is 0.888. The standard InChI is InChI=1S/C7H12O3/c1-2-3-7(6(8)9)4-10-5-7/h2-5H2,1H3,(H,8,9). The number of carboxylic acid groups (broad SMARTS) is 1. The fourth-order valence-electron chi connectivity index (χ4n) is 1.20. The Hall–Kier alpha value is -0.570. The first kappa shape index (κ1) is 7.54. The molecule has 1 aliphatic rings. The van der Waals surface area contributed by atoms with Crippen LogP contribution in [0.2, 0.25) is 0 Å². The minimum absolute atomic E-state index is 0.399. The van der Waals surface area contributed by atoms with E-state index in [0.717, 1.165) is 12.8 Å². The number of rotatable bonds is 3. The van der Waals surface area contributed by atoms with E-state index >= 15 is 0 Å². The Balaban J connectivity index is 2.50. The van der Waals surface area contributed by atoms with Gasteiger partial charge < -0.3 is 9.84 Å². The van der Waals surface area contributed by atoms with Crippen molar-refractivity contribution in [1.29, 1.82) is 0 Å². The molecule has 0 aromatic rings. The molecule has 0 atom stereocenters. The first-order chi connectivity index (χ1) is 4.71. The molecule has 1 heterocycles. The van der Waals surface area contributed by atoms with Gasteiger partial charge in [0.15, 0.2) is 0 Å². The van der Waals surface area contributed by atoms with Crippen LogP contribution in [0, 0.1) is 5.41 Å². The number of carboxylic acids is 1. The Morgan fingerprint density at radius 2 is 2.30 bits per heavy atom. The summed E-state index contributed by atoms with van der Waals surface area (Å²) in [6.07, 6.45) is 1.65. The highest BCUT2D eigenvalue weighted by Gasteiger charge is 2.44. The van der Waals surface area contributed by atoms with Gasteiger partial charge in [-0.05, 0) is 6.42 Å². The van der Waals surface area contributed by atoms with Gasteiger partial charge in [0.25, 0.3) is 0 Å². The molecule has 0 aromatic carbocycles. The molecule has 1 N–H and O–H groups in total. The smallest absolute Gasteiger partial charge is 0.314 e. The number of carbonyl (C=O) groups is 1. The number of hydrogen-bond acceptors (Lipinski definition) is 2. The molecule has 1 saturated heterocycles. The van der Waals surface area contributed by atoms with E-state index in [0.29, 0.717) is 13.2 Å². The van der Waals surface area contributed by atoms with Crippen molar-refractivity contribution in [3.8, 4) is 0 Å². The Bertz CT molecular complexity index is 138. The third kappa shape index (κ3) is 1.01. The van der Waals surface area contributed by atoms with Gasteiger partial charge in [0.05, 0.1) is 13.2 Å². The zero-order valence-electron chi connectivity index (χ0n) is 6.09. The second-order valence-corrected chi connectivity index (χ2v) is 2.83. The summed E-state index contributed by atoms with van der Waals surface area (Å²) in [6.45, 7) is 2.79. The van der Waals surface area contributed by atoms with Crippen LogP contribution in [0.5, 0.6) is 0 Å². The van der Waals surface area contributed by atoms with Crippen molar-refractivity contribution in [3.63, 3.8) is 0 Å². The summed E-state index contributed by atoms with van der Waals surface area (Å²) in [7, 11) is 0. The maximum absolute atomic E-state index is 10.6. The van der Waals surface area contributed by atoms with Crippen molar-refractivity contribution in [2.45, 2.75) is 19.8 Å². The highest BCUT2D eigenvalue weighted by Crippen LogP contribution is 2.32. The zero-order valence-corrected chi connectivity index (χ0v) is 6.09. The molecule has 58 valence electrons. The third-order valence-corrected chi connectivity index (χ3v) is 1.94. The van der Waals surface area contributed by atoms with Gasteiger partial charge in [0.1, 0.15) is 5.41 Å². The van der Waals surface area contributed by atoms with Gasteiger partial charge in [0.2, 0.25) is 0 Å². The average Bonchev–Trinajstić information content (AvgIpc) is 1.77. The summed E-state index contributed by atoms with van der Waals surface area (Å²) in [4.78, 5) is 10.6.